The minimum atomic E-state index is -0.104. The Morgan fingerprint density at radius 2 is 2.07 bits per heavy atom. The van der Waals surface area contributed by atoms with Gasteiger partial charge < -0.3 is 4.42 Å². The largest absolute Gasteiger partial charge is 0.457 e. The lowest BCUT2D eigenvalue weighted by atomic mass is 10.2. The van der Waals surface area contributed by atoms with Crippen LogP contribution in [0.3, 0.4) is 0 Å². The van der Waals surface area contributed by atoms with Gasteiger partial charge in [-0.25, -0.2) is 4.99 Å². The molecule has 0 saturated carbocycles. The Morgan fingerprint density at radius 3 is 2.79 bits per heavy atom. The predicted octanol–water partition coefficient (Wildman–Crippen LogP) is 6.27. The van der Waals surface area contributed by atoms with Crippen molar-refractivity contribution in [3.8, 4) is 11.3 Å². The third-order valence-corrected chi connectivity index (χ3v) is 5.92. The Balaban J connectivity index is 1.61. The highest BCUT2D eigenvalue weighted by molar-refractivity contribution is 8.18. The van der Waals surface area contributed by atoms with E-state index < -0.39 is 0 Å². The van der Waals surface area contributed by atoms with Crippen molar-refractivity contribution in [3.63, 3.8) is 0 Å². The first-order valence-electron chi connectivity index (χ1n) is 8.80. The van der Waals surface area contributed by atoms with Gasteiger partial charge >= 0.3 is 0 Å². The first-order valence-corrected chi connectivity index (χ1v) is 10.4. The molecule has 0 bridgehead atoms. The highest BCUT2D eigenvalue weighted by Gasteiger charge is 2.32. The molecular weight excluding hydrogens is 429 g/mol. The molecule has 1 aromatic carbocycles. The van der Waals surface area contributed by atoms with Gasteiger partial charge in [0, 0.05) is 24.4 Å². The second kappa shape index (κ2) is 8.45. The number of amides is 1. The Kier molecular flexibility index (Phi) is 5.76. The van der Waals surface area contributed by atoms with Crippen LogP contribution in [0.5, 0.6) is 0 Å². The fraction of sp³-hybridized carbons (Fsp3) is 0.0952. The highest BCUT2D eigenvalue weighted by Crippen LogP contribution is 2.35. The zero-order valence-electron chi connectivity index (χ0n) is 15.3. The summed E-state index contributed by atoms with van der Waals surface area (Å²) in [7, 11) is 0. The van der Waals surface area contributed by atoms with Gasteiger partial charge in [-0.05, 0) is 61.2 Å². The molecule has 0 radical (unpaired) electrons. The van der Waals surface area contributed by atoms with E-state index in [2.05, 4.69) is 9.98 Å². The molecule has 29 heavy (non-hydrogen) atoms. The summed E-state index contributed by atoms with van der Waals surface area (Å²) in [4.78, 5) is 23.6. The van der Waals surface area contributed by atoms with Crippen molar-refractivity contribution in [3.05, 3.63) is 75.6 Å². The van der Waals surface area contributed by atoms with Crippen LogP contribution < -0.4 is 0 Å². The minimum Gasteiger partial charge on any atom is -0.457 e. The molecule has 3 heterocycles. The maximum Gasteiger partial charge on any atom is 0.266 e. The van der Waals surface area contributed by atoms with Gasteiger partial charge in [-0.3, -0.25) is 14.7 Å². The van der Waals surface area contributed by atoms with Crippen LogP contribution >= 0.6 is 35.0 Å². The molecule has 1 amide bonds. The van der Waals surface area contributed by atoms with Gasteiger partial charge in [-0.2, -0.15) is 0 Å². The number of benzene rings is 1. The number of furan rings is 1. The molecule has 1 aliphatic rings. The molecule has 2 aromatic heterocycles. The lowest BCUT2D eigenvalue weighted by Gasteiger charge is -2.11. The van der Waals surface area contributed by atoms with Crippen LogP contribution in [-0.4, -0.2) is 27.5 Å². The number of hydrogen-bond donors (Lipinski definition) is 0. The average Bonchev–Trinajstić information content (AvgIpc) is 3.30. The van der Waals surface area contributed by atoms with Gasteiger partial charge in [0.25, 0.3) is 5.91 Å². The van der Waals surface area contributed by atoms with E-state index in [-0.39, 0.29) is 5.91 Å². The van der Waals surface area contributed by atoms with Gasteiger partial charge in [-0.1, -0.05) is 23.2 Å². The Hall–Kier alpha value is -2.54. The van der Waals surface area contributed by atoms with E-state index in [4.69, 9.17) is 27.6 Å². The number of nitrogens with zero attached hydrogens (tertiary/aromatic N) is 3. The summed E-state index contributed by atoms with van der Waals surface area (Å²) in [5, 5.41) is 1.56. The summed E-state index contributed by atoms with van der Waals surface area (Å²) < 4.78 is 5.89. The lowest BCUT2D eigenvalue weighted by molar-refractivity contribution is -0.122. The number of aliphatic imine (C=N–C) groups is 1. The zero-order valence-corrected chi connectivity index (χ0v) is 17.6. The first-order chi connectivity index (χ1) is 14.0. The molecule has 5 nitrogen and oxygen atoms in total. The number of aromatic nitrogens is 1. The zero-order chi connectivity index (χ0) is 20.4. The molecule has 1 aliphatic heterocycles. The number of pyridine rings is 1. The summed E-state index contributed by atoms with van der Waals surface area (Å²) in [6.07, 6.45) is 5.06. The monoisotopic (exact) mass is 443 g/mol. The van der Waals surface area contributed by atoms with Gasteiger partial charge in [0.2, 0.25) is 0 Å². The molecule has 0 atom stereocenters. The van der Waals surface area contributed by atoms with Crippen molar-refractivity contribution in [2.45, 2.75) is 6.92 Å². The van der Waals surface area contributed by atoms with Crippen LogP contribution in [0.25, 0.3) is 17.4 Å². The summed E-state index contributed by atoms with van der Waals surface area (Å²) in [6, 6.07) is 12.6. The molecule has 8 heteroatoms. The minimum absolute atomic E-state index is 0.104. The summed E-state index contributed by atoms with van der Waals surface area (Å²) >= 11 is 13.4. The fourth-order valence-electron chi connectivity index (χ4n) is 2.76. The number of carbonyl (C=O) groups is 1. The number of likely N-dealkylation sites (N-methyl/N-ethyl adjacent to an activating group) is 1. The molecule has 4 rings (SSSR count). The molecule has 3 aromatic rings. The van der Waals surface area contributed by atoms with Crippen LogP contribution in [0.1, 0.15) is 12.7 Å². The number of halogens is 2. The molecule has 0 unspecified atom stereocenters. The topological polar surface area (TPSA) is 58.7 Å². The number of thioether (sulfide) groups is 1. The number of rotatable bonds is 4. The standard InChI is InChI=1S/C21H15Cl2N3O2S/c1-2-26-20(27)19(29-21(26)25-14-4-3-9-24-12-14)11-15-6-8-18(28-15)13-5-7-16(22)17(23)10-13/h3-12H,2H2,1H3/b19-11+,25-21?. The van der Waals surface area contributed by atoms with E-state index in [1.54, 1.807) is 41.6 Å². The van der Waals surface area contributed by atoms with Crippen LogP contribution in [0, 0.1) is 0 Å². The number of amidine groups is 1. The van der Waals surface area contributed by atoms with E-state index in [9.17, 15) is 4.79 Å². The van der Waals surface area contributed by atoms with Crippen LogP contribution in [0.4, 0.5) is 5.69 Å². The Labute approximate surface area is 182 Å². The van der Waals surface area contributed by atoms with Crippen LogP contribution in [0.2, 0.25) is 10.0 Å². The van der Waals surface area contributed by atoms with Crippen molar-refractivity contribution < 1.29 is 9.21 Å². The van der Waals surface area contributed by atoms with Crippen molar-refractivity contribution in [2.24, 2.45) is 4.99 Å². The fourth-order valence-corrected chi connectivity index (χ4v) is 4.11. The second-order valence-corrected chi connectivity index (χ2v) is 7.92. The van der Waals surface area contributed by atoms with Gasteiger partial charge in [0.1, 0.15) is 11.5 Å². The smallest absolute Gasteiger partial charge is 0.266 e. The van der Waals surface area contributed by atoms with E-state index in [1.807, 2.05) is 31.2 Å². The van der Waals surface area contributed by atoms with E-state index >= 15 is 0 Å². The SMILES string of the molecule is CCN1C(=O)/C(=C\c2ccc(-c3ccc(Cl)c(Cl)c3)o2)SC1=Nc1cccnc1. The summed E-state index contributed by atoms with van der Waals surface area (Å²) in [5.41, 5.74) is 1.51. The maximum atomic E-state index is 12.8. The van der Waals surface area contributed by atoms with E-state index in [0.717, 1.165) is 5.56 Å². The molecule has 0 N–H and O–H groups in total. The highest BCUT2D eigenvalue weighted by atomic mass is 35.5. The van der Waals surface area contributed by atoms with Gasteiger partial charge in [0.05, 0.1) is 26.8 Å². The van der Waals surface area contributed by atoms with Gasteiger partial charge in [-0.15, -0.1) is 0 Å². The third kappa shape index (κ3) is 4.24. The average molecular weight is 444 g/mol. The van der Waals surface area contributed by atoms with Crippen molar-refractivity contribution in [2.75, 3.05) is 6.54 Å². The Morgan fingerprint density at radius 1 is 1.21 bits per heavy atom. The van der Waals surface area contributed by atoms with Crippen molar-refractivity contribution >= 4 is 57.8 Å². The van der Waals surface area contributed by atoms with E-state index in [0.29, 0.717) is 43.9 Å². The predicted molar refractivity (Wildman–Crippen MR) is 118 cm³/mol. The summed E-state index contributed by atoms with van der Waals surface area (Å²) in [6.45, 7) is 2.43. The molecule has 1 saturated heterocycles. The normalized spacial score (nSPS) is 16.9. The second-order valence-electron chi connectivity index (χ2n) is 6.10. The molecule has 0 spiro atoms. The first kappa shape index (κ1) is 19.8. The third-order valence-electron chi connectivity index (χ3n) is 4.18. The number of carbonyl (C=O) groups excluding carboxylic acids is 1. The molecule has 146 valence electrons. The Bertz CT molecular complexity index is 1130. The van der Waals surface area contributed by atoms with Crippen LogP contribution in [0.15, 0.2) is 69.2 Å². The maximum absolute atomic E-state index is 12.8. The van der Waals surface area contributed by atoms with Crippen molar-refractivity contribution in [1.82, 2.24) is 9.88 Å². The summed E-state index contributed by atoms with van der Waals surface area (Å²) in [5.74, 6) is 1.11. The molecule has 1 fully saturated rings. The lowest BCUT2D eigenvalue weighted by Crippen LogP contribution is -2.28. The molecule has 0 aliphatic carbocycles. The van der Waals surface area contributed by atoms with Crippen LogP contribution in [-0.2, 0) is 4.79 Å². The molecular formula is C21H15Cl2N3O2S. The van der Waals surface area contributed by atoms with Crippen molar-refractivity contribution in [1.29, 1.82) is 0 Å². The quantitative estimate of drug-likeness (QED) is 0.445. The van der Waals surface area contributed by atoms with Gasteiger partial charge in [0.15, 0.2) is 5.17 Å². The van der Waals surface area contributed by atoms with E-state index in [1.165, 1.54) is 11.8 Å². The number of hydrogen-bond acceptors (Lipinski definition) is 5.